The summed E-state index contributed by atoms with van der Waals surface area (Å²) in [4.78, 5) is 0. The molecule has 0 unspecified atom stereocenters. The van der Waals surface area contributed by atoms with Gasteiger partial charge in [-0.25, -0.2) is 0 Å². The molecule has 1 saturated heterocycles. The third-order valence-electron chi connectivity index (χ3n) is 3.17. The summed E-state index contributed by atoms with van der Waals surface area (Å²) in [6.45, 7) is 2.90. The first-order valence-electron chi connectivity index (χ1n) is 6.07. The van der Waals surface area contributed by atoms with Crippen LogP contribution in [0, 0.1) is 0 Å². The van der Waals surface area contributed by atoms with E-state index < -0.39 is 0 Å². The lowest BCUT2D eigenvalue weighted by molar-refractivity contribution is 0.460. The molecule has 1 aliphatic rings. The molecule has 0 bridgehead atoms. The van der Waals surface area contributed by atoms with Crippen LogP contribution in [0.4, 0.5) is 0 Å². The van der Waals surface area contributed by atoms with Gasteiger partial charge in [-0.2, -0.15) is 0 Å². The summed E-state index contributed by atoms with van der Waals surface area (Å²) in [5.41, 5.74) is 8.20. The van der Waals surface area contributed by atoms with Gasteiger partial charge in [0.15, 0.2) is 0 Å². The van der Waals surface area contributed by atoms with E-state index in [4.69, 9.17) is 5.73 Å². The molecule has 1 fully saturated rings. The van der Waals surface area contributed by atoms with Crippen LogP contribution >= 0.6 is 0 Å². The van der Waals surface area contributed by atoms with Crippen LogP contribution in [0.2, 0.25) is 0 Å². The van der Waals surface area contributed by atoms with Crippen LogP contribution in [0.25, 0.3) is 6.08 Å². The fraction of sp³-hybridized carbons (Fsp3) is 0.429. The molecule has 86 valence electrons. The summed E-state index contributed by atoms with van der Waals surface area (Å²) in [6, 6.07) is 8.82. The van der Waals surface area contributed by atoms with E-state index in [1.54, 1.807) is 0 Å². The Morgan fingerprint density at radius 2 is 2.12 bits per heavy atom. The standard InChI is InChI=1S/C14H20N2/c15-8-2-4-12-3-1-5-14(11-12)13-6-9-16-10-7-13/h1-5,11,13,16H,6-10,15H2/b4-2+. The number of benzene rings is 1. The van der Waals surface area contributed by atoms with Crippen molar-refractivity contribution in [2.45, 2.75) is 18.8 Å². The number of hydrogen-bond acceptors (Lipinski definition) is 2. The van der Waals surface area contributed by atoms with Crippen LogP contribution in [0.1, 0.15) is 29.9 Å². The Morgan fingerprint density at radius 1 is 1.31 bits per heavy atom. The van der Waals surface area contributed by atoms with Crippen LogP contribution < -0.4 is 11.1 Å². The van der Waals surface area contributed by atoms with Crippen molar-refractivity contribution in [3.05, 3.63) is 41.5 Å². The summed E-state index contributed by atoms with van der Waals surface area (Å²) in [5.74, 6) is 0.729. The largest absolute Gasteiger partial charge is 0.327 e. The first-order valence-corrected chi connectivity index (χ1v) is 6.07. The minimum atomic E-state index is 0.609. The molecule has 2 heteroatoms. The van der Waals surface area contributed by atoms with Gasteiger partial charge in [-0.3, -0.25) is 0 Å². The van der Waals surface area contributed by atoms with Gasteiger partial charge >= 0.3 is 0 Å². The quantitative estimate of drug-likeness (QED) is 0.812. The van der Waals surface area contributed by atoms with E-state index in [1.165, 1.54) is 24.0 Å². The molecule has 2 nitrogen and oxygen atoms in total. The normalized spacial score (nSPS) is 18.1. The predicted octanol–water partition coefficient (Wildman–Crippen LogP) is 2.13. The molecule has 3 N–H and O–H groups in total. The summed E-state index contributed by atoms with van der Waals surface area (Å²) < 4.78 is 0. The van der Waals surface area contributed by atoms with Gasteiger partial charge in [0.25, 0.3) is 0 Å². The summed E-state index contributed by atoms with van der Waals surface area (Å²) in [7, 11) is 0. The molecule has 1 aromatic carbocycles. The molecule has 0 atom stereocenters. The number of nitrogens with two attached hydrogens (primary N) is 1. The van der Waals surface area contributed by atoms with E-state index in [-0.39, 0.29) is 0 Å². The van der Waals surface area contributed by atoms with E-state index in [9.17, 15) is 0 Å². The molecular weight excluding hydrogens is 196 g/mol. The van der Waals surface area contributed by atoms with Gasteiger partial charge in [0.2, 0.25) is 0 Å². The maximum Gasteiger partial charge on any atom is 0.0110 e. The van der Waals surface area contributed by atoms with E-state index in [1.807, 2.05) is 6.08 Å². The third kappa shape index (κ3) is 2.94. The Balaban J connectivity index is 2.11. The Labute approximate surface area is 97.5 Å². The van der Waals surface area contributed by atoms with Crippen molar-refractivity contribution in [2.75, 3.05) is 19.6 Å². The molecule has 16 heavy (non-hydrogen) atoms. The van der Waals surface area contributed by atoms with Gasteiger partial charge < -0.3 is 11.1 Å². The van der Waals surface area contributed by atoms with Gasteiger partial charge in [0.05, 0.1) is 0 Å². The minimum absolute atomic E-state index is 0.609. The zero-order chi connectivity index (χ0) is 11.2. The SMILES string of the molecule is NC/C=C/c1cccc(C2CCNCC2)c1. The third-order valence-corrected chi connectivity index (χ3v) is 3.17. The molecule has 0 amide bonds. The van der Waals surface area contributed by atoms with Gasteiger partial charge in [0.1, 0.15) is 0 Å². The monoisotopic (exact) mass is 216 g/mol. The van der Waals surface area contributed by atoms with Crippen LogP contribution in [0.3, 0.4) is 0 Å². The first-order chi connectivity index (χ1) is 7.90. The van der Waals surface area contributed by atoms with E-state index in [0.717, 1.165) is 19.0 Å². The summed E-state index contributed by atoms with van der Waals surface area (Å²) in [6.07, 6.45) is 6.61. The molecule has 1 aliphatic heterocycles. The molecule has 0 radical (unpaired) electrons. The molecule has 2 rings (SSSR count). The molecule has 1 aromatic rings. The fourth-order valence-corrected chi connectivity index (χ4v) is 2.28. The second kappa shape index (κ2) is 5.83. The van der Waals surface area contributed by atoms with Gasteiger partial charge in [0, 0.05) is 6.54 Å². The average molecular weight is 216 g/mol. The molecule has 0 saturated carbocycles. The Morgan fingerprint density at radius 3 is 2.88 bits per heavy atom. The molecule has 1 heterocycles. The maximum atomic E-state index is 5.46. The zero-order valence-corrected chi connectivity index (χ0v) is 9.65. The van der Waals surface area contributed by atoms with E-state index >= 15 is 0 Å². The number of hydrogen-bond donors (Lipinski definition) is 2. The van der Waals surface area contributed by atoms with Crippen molar-refractivity contribution in [1.29, 1.82) is 0 Å². The van der Waals surface area contributed by atoms with Crippen LogP contribution in [0.15, 0.2) is 30.3 Å². The highest BCUT2D eigenvalue weighted by Gasteiger charge is 2.14. The second-order valence-corrected chi connectivity index (χ2v) is 4.33. The zero-order valence-electron chi connectivity index (χ0n) is 9.65. The van der Waals surface area contributed by atoms with Crippen molar-refractivity contribution in [3.8, 4) is 0 Å². The smallest absolute Gasteiger partial charge is 0.0110 e. The van der Waals surface area contributed by atoms with Gasteiger partial charge in [-0.05, 0) is 43.0 Å². The molecule has 0 aliphatic carbocycles. The lowest BCUT2D eigenvalue weighted by Crippen LogP contribution is -2.26. The highest BCUT2D eigenvalue weighted by atomic mass is 14.9. The first kappa shape index (κ1) is 11.4. The Hall–Kier alpha value is -1.12. The number of piperidine rings is 1. The lowest BCUT2D eigenvalue weighted by Gasteiger charge is -2.23. The van der Waals surface area contributed by atoms with Crippen molar-refractivity contribution in [1.82, 2.24) is 5.32 Å². The van der Waals surface area contributed by atoms with Crippen LogP contribution in [-0.2, 0) is 0 Å². The Bertz CT molecular complexity index is 352. The van der Waals surface area contributed by atoms with Crippen molar-refractivity contribution >= 4 is 6.08 Å². The van der Waals surface area contributed by atoms with Crippen molar-refractivity contribution < 1.29 is 0 Å². The number of nitrogens with one attached hydrogen (secondary N) is 1. The average Bonchev–Trinajstić information content (AvgIpc) is 2.38. The van der Waals surface area contributed by atoms with Crippen LogP contribution in [-0.4, -0.2) is 19.6 Å². The number of rotatable bonds is 3. The van der Waals surface area contributed by atoms with Gasteiger partial charge in [-0.1, -0.05) is 36.4 Å². The highest BCUT2D eigenvalue weighted by Crippen LogP contribution is 2.25. The highest BCUT2D eigenvalue weighted by molar-refractivity contribution is 5.50. The molecule has 0 spiro atoms. The second-order valence-electron chi connectivity index (χ2n) is 4.33. The van der Waals surface area contributed by atoms with Crippen LogP contribution in [0.5, 0.6) is 0 Å². The maximum absolute atomic E-state index is 5.46. The predicted molar refractivity (Wildman–Crippen MR) is 69.4 cm³/mol. The van der Waals surface area contributed by atoms with Crippen molar-refractivity contribution in [3.63, 3.8) is 0 Å². The topological polar surface area (TPSA) is 38.0 Å². The molecule has 0 aromatic heterocycles. The summed E-state index contributed by atoms with van der Waals surface area (Å²) >= 11 is 0. The van der Waals surface area contributed by atoms with Crippen molar-refractivity contribution in [2.24, 2.45) is 5.73 Å². The fourth-order valence-electron chi connectivity index (χ4n) is 2.28. The van der Waals surface area contributed by atoms with E-state index in [0.29, 0.717) is 6.54 Å². The lowest BCUT2D eigenvalue weighted by atomic mass is 9.89. The molecular formula is C14H20N2. The summed E-state index contributed by atoms with van der Waals surface area (Å²) in [5, 5.41) is 3.40. The van der Waals surface area contributed by atoms with Gasteiger partial charge in [-0.15, -0.1) is 0 Å². The minimum Gasteiger partial charge on any atom is -0.327 e. The Kier molecular flexibility index (Phi) is 4.14. The van der Waals surface area contributed by atoms with E-state index in [2.05, 4.69) is 35.7 Å².